The van der Waals surface area contributed by atoms with Gasteiger partial charge in [0.2, 0.25) is 10.0 Å². The van der Waals surface area contributed by atoms with E-state index in [1.165, 1.54) is 25.1 Å². The Morgan fingerprint density at radius 3 is 2.90 bits per heavy atom. The summed E-state index contributed by atoms with van der Waals surface area (Å²) >= 11 is 1.37. The molecule has 0 radical (unpaired) electrons. The molecular formula is C19H23FN6O2S2. The zero-order valence-corrected chi connectivity index (χ0v) is 18.4. The Balaban J connectivity index is 1.78. The first-order valence-electron chi connectivity index (χ1n) is 9.68. The molecule has 1 unspecified atom stereocenters. The Bertz CT molecular complexity index is 1210. The van der Waals surface area contributed by atoms with E-state index in [9.17, 15) is 12.8 Å². The highest BCUT2D eigenvalue weighted by molar-refractivity contribution is 7.99. The first kappa shape index (κ1) is 21.0. The van der Waals surface area contributed by atoms with Gasteiger partial charge in [-0.25, -0.2) is 32.5 Å². The minimum atomic E-state index is -3.42. The van der Waals surface area contributed by atoms with Gasteiger partial charge in [0.05, 0.1) is 5.75 Å². The van der Waals surface area contributed by atoms with E-state index in [1.807, 2.05) is 6.07 Å². The van der Waals surface area contributed by atoms with E-state index in [0.717, 1.165) is 34.4 Å². The molecule has 2 heterocycles. The zero-order chi connectivity index (χ0) is 21.5. The molecule has 30 heavy (non-hydrogen) atoms. The third kappa shape index (κ3) is 3.88. The molecule has 4 rings (SSSR count). The number of nitrogens with two attached hydrogens (primary N) is 1. The summed E-state index contributed by atoms with van der Waals surface area (Å²) in [5.74, 6) is 0.0923. The van der Waals surface area contributed by atoms with Crippen molar-refractivity contribution < 1.29 is 12.8 Å². The number of aryl methyl sites for hydroxylation is 3. The number of anilines is 1. The van der Waals surface area contributed by atoms with Crippen molar-refractivity contribution >= 4 is 38.8 Å². The van der Waals surface area contributed by atoms with Crippen molar-refractivity contribution in [1.29, 1.82) is 0 Å². The van der Waals surface area contributed by atoms with Crippen LogP contribution in [0.15, 0.2) is 28.5 Å². The molecule has 1 aliphatic rings. The van der Waals surface area contributed by atoms with E-state index in [0.29, 0.717) is 22.7 Å². The quantitative estimate of drug-likeness (QED) is 0.568. The second-order valence-electron chi connectivity index (χ2n) is 7.12. The smallest absolute Gasteiger partial charge is 0.213 e. The summed E-state index contributed by atoms with van der Waals surface area (Å²) in [5.41, 5.74) is 9.76. The van der Waals surface area contributed by atoms with Gasteiger partial charge in [-0.3, -0.25) is 0 Å². The van der Waals surface area contributed by atoms with Crippen LogP contribution in [0.1, 0.15) is 36.2 Å². The van der Waals surface area contributed by atoms with Crippen molar-refractivity contribution in [2.45, 2.75) is 49.0 Å². The molecular weight excluding hydrogens is 427 g/mol. The molecule has 160 valence electrons. The van der Waals surface area contributed by atoms with Crippen molar-refractivity contribution in [2.75, 3.05) is 18.5 Å². The third-order valence-electron chi connectivity index (χ3n) is 5.33. The molecule has 1 aromatic carbocycles. The normalized spacial score (nSPS) is 16.3. The standard InChI is InChI=1S/C19H23FN6O2S2/c1-3-11-8-12-4-5-14(20)13(12)9-15(11)29-19-25-16-17(21)23-10-24-18(16)26(19)6-7-30(27,28)22-2/h8-10,14,22H,3-7H2,1-2H3,(H2,21,23,24). The van der Waals surface area contributed by atoms with Crippen LogP contribution in [0, 0.1) is 0 Å². The second-order valence-corrected chi connectivity index (χ2v) is 10.2. The number of halogens is 1. The number of hydrogen-bond acceptors (Lipinski definition) is 7. The SMILES string of the molecule is CCc1cc2c(cc1Sc1nc3c(N)ncnc3n1CCS(=O)(=O)NC)C(F)CC2. The van der Waals surface area contributed by atoms with Gasteiger partial charge in [-0.2, -0.15) is 0 Å². The number of alkyl halides is 1. The van der Waals surface area contributed by atoms with Crippen LogP contribution in [0.2, 0.25) is 0 Å². The number of fused-ring (bicyclic) bond motifs is 2. The number of sulfonamides is 1. The fourth-order valence-electron chi connectivity index (χ4n) is 3.63. The van der Waals surface area contributed by atoms with Crippen molar-refractivity contribution in [3.05, 3.63) is 35.2 Å². The summed E-state index contributed by atoms with van der Waals surface area (Å²) in [7, 11) is -2.05. The lowest BCUT2D eigenvalue weighted by atomic mass is 10.0. The molecule has 0 spiro atoms. The summed E-state index contributed by atoms with van der Waals surface area (Å²) in [4.78, 5) is 13.7. The van der Waals surface area contributed by atoms with Crippen molar-refractivity contribution in [3.8, 4) is 0 Å². The largest absolute Gasteiger partial charge is 0.382 e. The maximum absolute atomic E-state index is 14.3. The molecule has 0 saturated heterocycles. The van der Waals surface area contributed by atoms with Gasteiger partial charge < -0.3 is 10.3 Å². The predicted octanol–water partition coefficient (Wildman–Crippen LogP) is 2.63. The molecule has 0 amide bonds. The third-order valence-corrected chi connectivity index (χ3v) is 7.77. The lowest BCUT2D eigenvalue weighted by Gasteiger charge is -2.13. The molecule has 3 N–H and O–H groups in total. The zero-order valence-electron chi connectivity index (χ0n) is 16.7. The van der Waals surface area contributed by atoms with Gasteiger partial charge in [-0.05, 0) is 49.1 Å². The van der Waals surface area contributed by atoms with E-state index in [2.05, 4.69) is 32.7 Å². The Kier molecular flexibility index (Phi) is 5.69. The number of imidazole rings is 1. The first-order chi connectivity index (χ1) is 14.3. The van der Waals surface area contributed by atoms with Gasteiger partial charge in [-0.1, -0.05) is 24.8 Å². The van der Waals surface area contributed by atoms with Gasteiger partial charge in [-0.15, -0.1) is 0 Å². The Labute approximate surface area is 178 Å². The Hall–Kier alpha value is -2.24. The van der Waals surface area contributed by atoms with E-state index in [-0.39, 0.29) is 18.1 Å². The molecule has 11 heteroatoms. The molecule has 8 nitrogen and oxygen atoms in total. The monoisotopic (exact) mass is 450 g/mol. The van der Waals surface area contributed by atoms with E-state index in [4.69, 9.17) is 5.73 Å². The predicted molar refractivity (Wildman–Crippen MR) is 115 cm³/mol. The summed E-state index contributed by atoms with van der Waals surface area (Å²) in [6.45, 7) is 2.20. The number of nitrogens with zero attached hydrogens (tertiary/aromatic N) is 4. The number of nitrogen functional groups attached to an aromatic ring is 1. The summed E-state index contributed by atoms with van der Waals surface area (Å²) < 4.78 is 42.3. The first-order valence-corrected chi connectivity index (χ1v) is 12.2. The average molecular weight is 451 g/mol. The highest BCUT2D eigenvalue weighted by Gasteiger charge is 2.25. The molecule has 3 aromatic rings. The van der Waals surface area contributed by atoms with Crippen LogP contribution in [0.5, 0.6) is 0 Å². The Morgan fingerprint density at radius 2 is 2.17 bits per heavy atom. The molecule has 0 fully saturated rings. The van der Waals surface area contributed by atoms with E-state index >= 15 is 0 Å². The van der Waals surface area contributed by atoms with Gasteiger partial charge >= 0.3 is 0 Å². The lowest BCUT2D eigenvalue weighted by Crippen LogP contribution is -2.25. The van der Waals surface area contributed by atoms with Crippen molar-refractivity contribution in [2.24, 2.45) is 0 Å². The molecule has 0 bridgehead atoms. The van der Waals surface area contributed by atoms with Crippen LogP contribution < -0.4 is 10.5 Å². The summed E-state index contributed by atoms with van der Waals surface area (Å²) in [6.07, 6.45) is 2.44. The number of rotatable bonds is 7. The molecule has 0 saturated carbocycles. The van der Waals surface area contributed by atoms with Crippen LogP contribution in [0.3, 0.4) is 0 Å². The number of nitrogens with one attached hydrogen (secondary N) is 1. The molecule has 1 aliphatic carbocycles. The van der Waals surface area contributed by atoms with Crippen LogP contribution in [-0.4, -0.2) is 40.7 Å². The van der Waals surface area contributed by atoms with Gasteiger partial charge in [0.15, 0.2) is 22.1 Å². The molecule has 0 aliphatic heterocycles. The fraction of sp³-hybridized carbons (Fsp3) is 0.421. The number of hydrogen-bond donors (Lipinski definition) is 2. The number of aromatic nitrogens is 4. The van der Waals surface area contributed by atoms with Crippen LogP contribution in [-0.2, 0) is 29.4 Å². The van der Waals surface area contributed by atoms with Gasteiger partial charge in [0.1, 0.15) is 12.5 Å². The second kappa shape index (κ2) is 8.12. The minimum Gasteiger partial charge on any atom is -0.382 e. The van der Waals surface area contributed by atoms with Crippen LogP contribution in [0.4, 0.5) is 10.2 Å². The topological polar surface area (TPSA) is 116 Å². The lowest BCUT2D eigenvalue weighted by molar-refractivity contribution is 0.343. The van der Waals surface area contributed by atoms with Gasteiger partial charge in [0, 0.05) is 11.4 Å². The summed E-state index contributed by atoms with van der Waals surface area (Å²) in [6, 6.07) is 3.98. The highest BCUT2D eigenvalue weighted by Crippen LogP contribution is 2.40. The average Bonchev–Trinajstić information content (AvgIpc) is 3.27. The Morgan fingerprint density at radius 1 is 1.37 bits per heavy atom. The van der Waals surface area contributed by atoms with E-state index in [1.54, 1.807) is 4.57 Å². The molecule has 2 aromatic heterocycles. The van der Waals surface area contributed by atoms with Crippen LogP contribution in [0.25, 0.3) is 11.2 Å². The maximum Gasteiger partial charge on any atom is 0.213 e. The van der Waals surface area contributed by atoms with Crippen molar-refractivity contribution in [1.82, 2.24) is 24.2 Å². The van der Waals surface area contributed by atoms with Crippen molar-refractivity contribution in [3.63, 3.8) is 0 Å². The summed E-state index contributed by atoms with van der Waals surface area (Å²) in [5, 5.41) is 0.548. The maximum atomic E-state index is 14.3. The highest BCUT2D eigenvalue weighted by atomic mass is 32.2. The van der Waals surface area contributed by atoms with Gasteiger partial charge in [0.25, 0.3) is 0 Å². The van der Waals surface area contributed by atoms with Crippen LogP contribution >= 0.6 is 11.8 Å². The molecule has 1 atom stereocenters. The van der Waals surface area contributed by atoms with E-state index < -0.39 is 16.2 Å². The fourth-order valence-corrected chi connectivity index (χ4v) is 5.40. The number of benzene rings is 1. The minimum absolute atomic E-state index is 0.135.